The molecule has 0 amide bonds. The largest absolute Gasteiger partial charge is 0.466 e. The Morgan fingerprint density at radius 1 is 1.44 bits per heavy atom. The lowest BCUT2D eigenvalue weighted by Crippen LogP contribution is -2.40. The standard InChI is InChI=1S/C15H23NO2/c1-4-7-12(5-2)8-13-9-14(11-16-10-13)15(17)18-6-3/h4-5,7,13-14,16H,1-2,6,8-11H2,3H3/b12-7+. The minimum atomic E-state index is -0.0810. The smallest absolute Gasteiger partial charge is 0.310 e. The van der Waals surface area contributed by atoms with Crippen LogP contribution in [0.5, 0.6) is 0 Å². The SMILES string of the molecule is C=C/C=C(\C=C)CC1CNCC(C(=O)OCC)C1. The van der Waals surface area contributed by atoms with E-state index in [-0.39, 0.29) is 11.9 Å². The first kappa shape index (κ1) is 14.7. The van der Waals surface area contributed by atoms with E-state index in [2.05, 4.69) is 18.5 Å². The molecular weight excluding hydrogens is 226 g/mol. The summed E-state index contributed by atoms with van der Waals surface area (Å²) in [5, 5.41) is 3.31. The van der Waals surface area contributed by atoms with Gasteiger partial charge in [0, 0.05) is 6.54 Å². The van der Waals surface area contributed by atoms with Crippen molar-refractivity contribution in [1.29, 1.82) is 0 Å². The number of nitrogens with one attached hydrogen (secondary N) is 1. The number of hydrogen-bond acceptors (Lipinski definition) is 3. The Hall–Kier alpha value is -1.35. The topological polar surface area (TPSA) is 38.3 Å². The van der Waals surface area contributed by atoms with Crippen molar-refractivity contribution in [2.45, 2.75) is 19.8 Å². The molecule has 3 nitrogen and oxygen atoms in total. The summed E-state index contributed by atoms with van der Waals surface area (Å²) in [6, 6.07) is 0. The quantitative estimate of drug-likeness (QED) is 0.580. The molecule has 1 fully saturated rings. The predicted octanol–water partition coefficient (Wildman–Crippen LogP) is 2.46. The monoisotopic (exact) mass is 249 g/mol. The highest BCUT2D eigenvalue weighted by atomic mass is 16.5. The lowest BCUT2D eigenvalue weighted by atomic mass is 9.86. The van der Waals surface area contributed by atoms with Gasteiger partial charge in [-0.2, -0.15) is 0 Å². The van der Waals surface area contributed by atoms with Crippen LogP contribution in [0, 0.1) is 11.8 Å². The Kier molecular flexibility index (Phi) is 6.44. The van der Waals surface area contributed by atoms with Crippen molar-refractivity contribution >= 4 is 5.97 Å². The van der Waals surface area contributed by atoms with Crippen molar-refractivity contribution < 1.29 is 9.53 Å². The summed E-state index contributed by atoms with van der Waals surface area (Å²) in [7, 11) is 0. The van der Waals surface area contributed by atoms with Crippen molar-refractivity contribution in [2.75, 3.05) is 19.7 Å². The number of allylic oxidation sites excluding steroid dienone is 4. The van der Waals surface area contributed by atoms with Gasteiger partial charge in [0.05, 0.1) is 12.5 Å². The number of esters is 1. The first-order valence-corrected chi connectivity index (χ1v) is 6.52. The first-order chi connectivity index (χ1) is 8.71. The zero-order valence-electron chi connectivity index (χ0n) is 11.2. The van der Waals surface area contributed by atoms with Crippen LogP contribution in [0.15, 0.2) is 37.0 Å². The second-order valence-electron chi connectivity index (χ2n) is 4.59. The molecule has 3 heteroatoms. The van der Waals surface area contributed by atoms with Gasteiger partial charge >= 0.3 is 5.97 Å². The number of ether oxygens (including phenoxy) is 1. The van der Waals surface area contributed by atoms with Crippen LogP contribution >= 0.6 is 0 Å². The summed E-state index contributed by atoms with van der Waals surface area (Å²) >= 11 is 0. The molecule has 0 radical (unpaired) electrons. The predicted molar refractivity (Wildman–Crippen MR) is 74.2 cm³/mol. The molecule has 18 heavy (non-hydrogen) atoms. The summed E-state index contributed by atoms with van der Waals surface area (Å²) in [6.07, 6.45) is 7.42. The number of piperidine rings is 1. The Bertz CT molecular complexity index is 333. The minimum absolute atomic E-state index is 0.0153. The molecule has 0 aromatic rings. The van der Waals surface area contributed by atoms with Crippen LogP contribution < -0.4 is 5.32 Å². The molecule has 1 rings (SSSR count). The molecule has 0 aromatic heterocycles. The molecule has 2 unspecified atom stereocenters. The van der Waals surface area contributed by atoms with E-state index in [1.54, 1.807) is 6.08 Å². The summed E-state index contributed by atoms with van der Waals surface area (Å²) in [5.74, 6) is 0.360. The van der Waals surface area contributed by atoms with Gasteiger partial charge in [0.15, 0.2) is 0 Å². The Morgan fingerprint density at radius 3 is 2.83 bits per heavy atom. The molecule has 1 aliphatic heterocycles. The fourth-order valence-corrected chi connectivity index (χ4v) is 2.33. The van der Waals surface area contributed by atoms with Gasteiger partial charge in [0.2, 0.25) is 0 Å². The number of hydrogen-bond donors (Lipinski definition) is 1. The zero-order valence-corrected chi connectivity index (χ0v) is 11.2. The highest BCUT2D eigenvalue weighted by Crippen LogP contribution is 2.24. The van der Waals surface area contributed by atoms with Gasteiger partial charge in [-0.25, -0.2) is 0 Å². The highest BCUT2D eigenvalue weighted by molar-refractivity contribution is 5.72. The van der Waals surface area contributed by atoms with E-state index in [9.17, 15) is 4.79 Å². The summed E-state index contributed by atoms with van der Waals surface area (Å²) in [4.78, 5) is 11.7. The van der Waals surface area contributed by atoms with Crippen molar-refractivity contribution in [2.24, 2.45) is 11.8 Å². The Balaban J connectivity index is 2.53. The molecule has 0 aliphatic carbocycles. The maximum atomic E-state index is 11.7. The van der Waals surface area contributed by atoms with Crippen LogP contribution in [0.2, 0.25) is 0 Å². The molecule has 2 atom stereocenters. The number of carbonyl (C=O) groups excluding carboxylic acids is 1. The van der Waals surface area contributed by atoms with E-state index in [0.29, 0.717) is 12.5 Å². The summed E-state index contributed by atoms with van der Waals surface area (Å²) in [5.41, 5.74) is 1.17. The molecule has 0 spiro atoms. The maximum absolute atomic E-state index is 11.7. The third-order valence-corrected chi connectivity index (χ3v) is 3.18. The molecule has 0 bridgehead atoms. The third-order valence-electron chi connectivity index (χ3n) is 3.18. The average molecular weight is 249 g/mol. The van der Waals surface area contributed by atoms with E-state index in [4.69, 9.17) is 4.74 Å². The maximum Gasteiger partial charge on any atom is 0.310 e. The van der Waals surface area contributed by atoms with E-state index in [0.717, 1.165) is 25.9 Å². The second kappa shape index (κ2) is 7.88. The summed E-state index contributed by atoms with van der Waals surface area (Å²) in [6.45, 7) is 11.5. The molecule has 0 saturated carbocycles. The zero-order chi connectivity index (χ0) is 13.4. The third kappa shape index (κ3) is 4.49. The molecule has 1 saturated heterocycles. The molecule has 1 N–H and O–H groups in total. The minimum Gasteiger partial charge on any atom is -0.466 e. The van der Waals surface area contributed by atoms with Crippen LogP contribution in [0.4, 0.5) is 0 Å². The fourth-order valence-electron chi connectivity index (χ4n) is 2.33. The molecule has 1 heterocycles. The van der Waals surface area contributed by atoms with Gasteiger partial charge < -0.3 is 10.1 Å². The molecule has 0 aromatic carbocycles. The molecular formula is C15H23NO2. The van der Waals surface area contributed by atoms with Crippen LogP contribution in [-0.2, 0) is 9.53 Å². The Morgan fingerprint density at radius 2 is 2.22 bits per heavy atom. The van der Waals surface area contributed by atoms with Gasteiger partial charge in [-0.3, -0.25) is 4.79 Å². The second-order valence-corrected chi connectivity index (χ2v) is 4.59. The first-order valence-electron chi connectivity index (χ1n) is 6.52. The number of carbonyl (C=O) groups is 1. The van der Waals surface area contributed by atoms with E-state index in [1.165, 1.54) is 5.57 Å². The van der Waals surface area contributed by atoms with Crippen molar-refractivity contribution in [1.82, 2.24) is 5.32 Å². The van der Waals surface area contributed by atoms with Crippen molar-refractivity contribution in [3.63, 3.8) is 0 Å². The van der Waals surface area contributed by atoms with Crippen molar-refractivity contribution in [3.05, 3.63) is 37.0 Å². The normalized spacial score (nSPS) is 24.4. The van der Waals surface area contributed by atoms with Gasteiger partial charge in [0.25, 0.3) is 0 Å². The van der Waals surface area contributed by atoms with Crippen molar-refractivity contribution in [3.8, 4) is 0 Å². The van der Waals surface area contributed by atoms with Crippen LogP contribution in [0.3, 0.4) is 0 Å². The van der Waals surface area contributed by atoms with Gasteiger partial charge in [0.1, 0.15) is 0 Å². The molecule has 1 aliphatic rings. The van der Waals surface area contributed by atoms with E-state index < -0.39 is 0 Å². The Labute approximate surface area is 110 Å². The lowest BCUT2D eigenvalue weighted by Gasteiger charge is -2.28. The summed E-state index contributed by atoms with van der Waals surface area (Å²) < 4.78 is 5.08. The van der Waals surface area contributed by atoms with Gasteiger partial charge in [-0.05, 0) is 37.8 Å². The van der Waals surface area contributed by atoms with Crippen LogP contribution in [0.25, 0.3) is 0 Å². The molecule has 100 valence electrons. The van der Waals surface area contributed by atoms with Gasteiger partial charge in [-0.15, -0.1) is 0 Å². The van der Waals surface area contributed by atoms with Crippen LogP contribution in [-0.4, -0.2) is 25.7 Å². The van der Waals surface area contributed by atoms with E-state index in [1.807, 2.05) is 19.1 Å². The van der Waals surface area contributed by atoms with Gasteiger partial charge in [-0.1, -0.05) is 31.4 Å². The van der Waals surface area contributed by atoms with Crippen LogP contribution in [0.1, 0.15) is 19.8 Å². The van der Waals surface area contributed by atoms with E-state index >= 15 is 0 Å². The number of rotatable bonds is 6. The average Bonchev–Trinajstić information content (AvgIpc) is 2.39. The lowest BCUT2D eigenvalue weighted by molar-refractivity contribution is -0.149. The fraction of sp³-hybridized carbons (Fsp3) is 0.533. The highest BCUT2D eigenvalue weighted by Gasteiger charge is 2.28.